The maximum absolute atomic E-state index is 13.3. The standard InChI is InChI=1S/C11H13FN2O4S2/c1-2-18-10(15)6-20(16,17)14-7-3-4-9(12)8(5-7)11(13)19/h3-5,14H,2,6H2,1H3,(H2,13,19). The number of carbonyl (C=O) groups excluding carboxylic acids is 1. The van der Waals surface area contributed by atoms with Gasteiger partial charge in [0.1, 0.15) is 10.8 Å². The highest BCUT2D eigenvalue weighted by atomic mass is 32.2. The number of carbonyl (C=O) groups is 1. The number of hydrogen-bond donors (Lipinski definition) is 2. The molecule has 0 saturated carbocycles. The van der Waals surface area contributed by atoms with Gasteiger partial charge >= 0.3 is 5.97 Å². The molecule has 110 valence electrons. The zero-order chi connectivity index (χ0) is 15.3. The summed E-state index contributed by atoms with van der Waals surface area (Å²) in [7, 11) is -3.94. The van der Waals surface area contributed by atoms with Gasteiger partial charge in [0.05, 0.1) is 6.61 Å². The Morgan fingerprint density at radius 1 is 1.50 bits per heavy atom. The van der Waals surface area contributed by atoms with Gasteiger partial charge < -0.3 is 10.5 Å². The second-order valence-corrected chi connectivity index (χ2v) is 5.89. The molecule has 1 aromatic carbocycles. The smallest absolute Gasteiger partial charge is 0.323 e. The lowest BCUT2D eigenvalue weighted by atomic mass is 10.2. The number of thiocarbonyl (C=S) groups is 1. The molecular formula is C11H13FN2O4S2. The molecule has 0 aromatic heterocycles. The highest BCUT2D eigenvalue weighted by Crippen LogP contribution is 2.16. The minimum Gasteiger partial charge on any atom is -0.465 e. The summed E-state index contributed by atoms with van der Waals surface area (Å²) in [5, 5.41) is 0. The lowest BCUT2D eigenvalue weighted by Crippen LogP contribution is -2.24. The lowest BCUT2D eigenvalue weighted by molar-refractivity contribution is -0.139. The van der Waals surface area contributed by atoms with Crippen LogP contribution in [0.4, 0.5) is 10.1 Å². The molecule has 1 aromatic rings. The van der Waals surface area contributed by atoms with Crippen LogP contribution in [-0.2, 0) is 19.6 Å². The summed E-state index contributed by atoms with van der Waals surface area (Å²) in [5.74, 6) is -2.37. The van der Waals surface area contributed by atoms with Crippen molar-refractivity contribution in [3.8, 4) is 0 Å². The van der Waals surface area contributed by atoms with Gasteiger partial charge in [0.25, 0.3) is 0 Å². The summed E-state index contributed by atoms with van der Waals surface area (Å²) < 4.78 is 43.4. The second-order valence-electron chi connectivity index (χ2n) is 3.73. The molecule has 0 atom stereocenters. The molecule has 9 heteroatoms. The normalized spacial score (nSPS) is 10.9. The first kappa shape index (κ1) is 16.3. The summed E-state index contributed by atoms with van der Waals surface area (Å²) in [4.78, 5) is 10.9. The fraction of sp³-hybridized carbons (Fsp3) is 0.273. The molecule has 0 bridgehead atoms. The van der Waals surface area contributed by atoms with Gasteiger partial charge in [-0.25, -0.2) is 12.8 Å². The summed E-state index contributed by atoms with van der Waals surface area (Å²) in [6.07, 6.45) is 0. The molecule has 6 nitrogen and oxygen atoms in total. The van der Waals surface area contributed by atoms with E-state index in [1.807, 2.05) is 0 Å². The fourth-order valence-electron chi connectivity index (χ4n) is 1.35. The van der Waals surface area contributed by atoms with Gasteiger partial charge in [0.2, 0.25) is 10.0 Å². The Labute approximate surface area is 121 Å². The van der Waals surface area contributed by atoms with Crippen molar-refractivity contribution in [1.29, 1.82) is 0 Å². The molecule has 0 heterocycles. The first-order chi connectivity index (χ1) is 9.25. The van der Waals surface area contributed by atoms with E-state index in [9.17, 15) is 17.6 Å². The van der Waals surface area contributed by atoms with Crippen molar-refractivity contribution in [3.05, 3.63) is 29.6 Å². The van der Waals surface area contributed by atoms with Crippen molar-refractivity contribution in [2.24, 2.45) is 5.73 Å². The third kappa shape index (κ3) is 4.74. The predicted octanol–water partition coefficient (Wildman–Crippen LogP) is 0.765. The van der Waals surface area contributed by atoms with Gasteiger partial charge in [0.15, 0.2) is 5.75 Å². The van der Waals surface area contributed by atoms with Crippen molar-refractivity contribution in [3.63, 3.8) is 0 Å². The number of anilines is 1. The van der Waals surface area contributed by atoms with Crippen molar-refractivity contribution >= 4 is 38.9 Å². The number of nitrogens with one attached hydrogen (secondary N) is 1. The SMILES string of the molecule is CCOC(=O)CS(=O)(=O)Nc1ccc(F)c(C(N)=S)c1. The van der Waals surface area contributed by atoms with Gasteiger partial charge in [-0.15, -0.1) is 0 Å². The Kier molecular flexibility index (Phi) is 5.40. The van der Waals surface area contributed by atoms with Crippen molar-refractivity contribution in [2.75, 3.05) is 17.1 Å². The Balaban J connectivity index is 2.90. The van der Waals surface area contributed by atoms with Gasteiger partial charge in [0, 0.05) is 11.3 Å². The summed E-state index contributed by atoms with van der Waals surface area (Å²) in [6.45, 7) is 1.64. The number of ether oxygens (including phenoxy) is 1. The number of hydrogen-bond acceptors (Lipinski definition) is 5. The minimum atomic E-state index is -3.94. The number of nitrogens with two attached hydrogens (primary N) is 1. The van der Waals surface area contributed by atoms with Crippen molar-refractivity contribution in [2.45, 2.75) is 6.92 Å². The summed E-state index contributed by atoms with van der Waals surface area (Å²) in [6, 6.07) is 3.37. The first-order valence-corrected chi connectivity index (χ1v) is 7.56. The van der Waals surface area contributed by atoms with Crippen LogP contribution in [0.15, 0.2) is 18.2 Å². The molecule has 0 spiro atoms. The topological polar surface area (TPSA) is 98.5 Å². The van der Waals surface area contributed by atoms with Gasteiger partial charge in [-0.05, 0) is 25.1 Å². The second kappa shape index (κ2) is 6.62. The van der Waals surface area contributed by atoms with E-state index in [1.54, 1.807) is 6.92 Å². The van der Waals surface area contributed by atoms with Crippen LogP contribution in [0, 0.1) is 5.82 Å². The fourth-order valence-corrected chi connectivity index (χ4v) is 2.46. The van der Waals surface area contributed by atoms with Crippen LogP contribution >= 0.6 is 12.2 Å². The van der Waals surface area contributed by atoms with Crippen molar-refractivity contribution < 1.29 is 22.3 Å². The maximum atomic E-state index is 13.3. The highest BCUT2D eigenvalue weighted by Gasteiger charge is 2.18. The Morgan fingerprint density at radius 2 is 2.15 bits per heavy atom. The van der Waals surface area contributed by atoms with Crippen LogP contribution in [-0.4, -0.2) is 31.7 Å². The molecule has 0 saturated heterocycles. The molecule has 0 radical (unpaired) electrons. The zero-order valence-electron chi connectivity index (χ0n) is 10.6. The van der Waals surface area contributed by atoms with E-state index in [-0.39, 0.29) is 22.8 Å². The van der Waals surface area contributed by atoms with Gasteiger partial charge in [-0.1, -0.05) is 12.2 Å². The van der Waals surface area contributed by atoms with Crippen LogP contribution in [0.2, 0.25) is 0 Å². The first-order valence-electron chi connectivity index (χ1n) is 5.50. The van der Waals surface area contributed by atoms with Gasteiger partial charge in [-0.3, -0.25) is 9.52 Å². The molecule has 1 rings (SSSR count). The maximum Gasteiger partial charge on any atom is 0.323 e. The molecule has 0 aliphatic carbocycles. The molecule has 20 heavy (non-hydrogen) atoms. The summed E-state index contributed by atoms with van der Waals surface area (Å²) >= 11 is 4.64. The Hall–Kier alpha value is -1.74. The van der Waals surface area contributed by atoms with Crippen LogP contribution in [0.5, 0.6) is 0 Å². The van der Waals surface area contributed by atoms with E-state index in [2.05, 4.69) is 21.7 Å². The molecule has 0 fully saturated rings. The Bertz CT molecular complexity index is 631. The highest BCUT2D eigenvalue weighted by molar-refractivity contribution is 7.93. The monoisotopic (exact) mass is 320 g/mol. The van der Waals surface area contributed by atoms with E-state index in [0.717, 1.165) is 12.1 Å². The zero-order valence-corrected chi connectivity index (χ0v) is 12.2. The molecule has 3 N–H and O–H groups in total. The molecule has 0 aliphatic heterocycles. The third-order valence-electron chi connectivity index (χ3n) is 2.12. The van der Waals surface area contributed by atoms with E-state index in [4.69, 9.17) is 5.73 Å². The van der Waals surface area contributed by atoms with E-state index < -0.39 is 27.6 Å². The van der Waals surface area contributed by atoms with Crippen LogP contribution < -0.4 is 10.5 Å². The molecule has 0 unspecified atom stereocenters. The quantitative estimate of drug-likeness (QED) is 0.593. The van der Waals surface area contributed by atoms with Gasteiger partial charge in [-0.2, -0.15) is 0 Å². The van der Waals surface area contributed by atoms with E-state index in [1.165, 1.54) is 6.07 Å². The minimum absolute atomic E-state index is 0.0542. The van der Waals surface area contributed by atoms with Crippen molar-refractivity contribution in [1.82, 2.24) is 0 Å². The number of rotatable bonds is 6. The van der Waals surface area contributed by atoms with Crippen LogP contribution in [0.3, 0.4) is 0 Å². The number of halogens is 1. The average molecular weight is 320 g/mol. The number of esters is 1. The Morgan fingerprint density at radius 3 is 2.70 bits per heavy atom. The molecular weight excluding hydrogens is 307 g/mol. The molecule has 0 amide bonds. The summed E-state index contributed by atoms with van der Waals surface area (Å²) in [5.41, 5.74) is 5.28. The average Bonchev–Trinajstić information content (AvgIpc) is 2.30. The largest absolute Gasteiger partial charge is 0.465 e. The third-order valence-corrected chi connectivity index (χ3v) is 3.50. The van der Waals surface area contributed by atoms with E-state index in [0.29, 0.717) is 0 Å². The van der Waals surface area contributed by atoms with Crippen LogP contribution in [0.25, 0.3) is 0 Å². The van der Waals surface area contributed by atoms with Crippen LogP contribution in [0.1, 0.15) is 12.5 Å². The number of sulfonamides is 1. The molecule has 0 aliphatic rings. The lowest BCUT2D eigenvalue weighted by Gasteiger charge is -2.09. The predicted molar refractivity (Wildman–Crippen MR) is 76.3 cm³/mol. The number of benzene rings is 1. The van der Waals surface area contributed by atoms with E-state index >= 15 is 0 Å².